The minimum Gasteiger partial charge on any atom is -0.497 e. The molecule has 4 rings (SSSR count). The SMILES string of the molecule is COc1ccc(-c2nc3n(n2)[C@H](CC(=O)Nc2ccccc2)C(=O)N3)cc1. The van der Waals surface area contributed by atoms with Crippen molar-refractivity contribution >= 4 is 23.5 Å². The first-order valence-electron chi connectivity index (χ1n) is 8.41. The van der Waals surface area contributed by atoms with Crippen LogP contribution in [0.5, 0.6) is 5.75 Å². The maximum Gasteiger partial charge on any atom is 0.252 e. The monoisotopic (exact) mass is 363 g/mol. The van der Waals surface area contributed by atoms with Crippen molar-refractivity contribution in [3.8, 4) is 17.1 Å². The quantitative estimate of drug-likeness (QED) is 0.726. The minimum absolute atomic E-state index is 0.0286. The standard InChI is InChI=1S/C19H17N5O3/c1-27-14-9-7-12(8-10-14)17-21-19-22-18(26)15(24(19)23-17)11-16(25)20-13-5-3-2-4-6-13/h2-10,15H,11H2,1H3,(H,20,25)(H,21,22,23,26)/t15-/m1/s1. The summed E-state index contributed by atoms with van der Waals surface area (Å²) >= 11 is 0. The van der Waals surface area contributed by atoms with E-state index in [9.17, 15) is 9.59 Å². The molecule has 136 valence electrons. The second-order valence-corrected chi connectivity index (χ2v) is 6.06. The molecule has 2 amide bonds. The van der Waals surface area contributed by atoms with Crippen LogP contribution in [0.1, 0.15) is 12.5 Å². The largest absolute Gasteiger partial charge is 0.497 e. The van der Waals surface area contributed by atoms with Gasteiger partial charge in [0.2, 0.25) is 11.9 Å². The number of rotatable bonds is 5. The lowest BCUT2D eigenvalue weighted by molar-refractivity contribution is -0.123. The zero-order valence-corrected chi connectivity index (χ0v) is 14.5. The molecule has 2 N–H and O–H groups in total. The summed E-state index contributed by atoms with van der Waals surface area (Å²) in [5.74, 6) is 0.976. The van der Waals surface area contributed by atoms with Crippen LogP contribution in [0, 0.1) is 0 Å². The number of hydrogen-bond donors (Lipinski definition) is 2. The fraction of sp³-hybridized carbons (Fsp3) is 0.158. The highest BCUT2D eigenvalue weighted by Crippen LogP contribution is 2.29. The lowest BCUT2D eigenvalue weighted by Gasteiger charge is -2.09. The van der Waals surface area contributed by atoms with Gasteiger partial charge >= 0.3 is 0 Å². The molecule has 0 fully saturated rings. The first kappa shape index (κ1) is 16.8. The van der Waals surface area contributed by atoms with Crippen molar-refractivity contribution < 1.29 is 14.3 Å². The molecule has 0 radical (unpaired) electrons. The zero-order valence-electron chi connectivity index (χ0n) is 14.5. The molecule has 1 aliphatic rings. The molecule has 27 heavy (non-hydrogen) atoms. The van der Waals surface area contributed by atoms with Crippen molar-refractivity contribution in [2.75, 3.05) is 17.7 Å². The number of ether oxygens (including phenoxy) is 1. The predicted molar refractivity (Wildman–Crippen MR) is 99.4 cm³/mol. The lowest BCUT2D eigenvalue weighted by Crippen LogP contribution is -2.23. The Labute approximate surface area is 155 Å². The van der Waals surface area contributed by atoms with Gasteiger partial charge in [-0.1, -0.05) is 18.2 Å². The molecule has 0 bridgehead atoms. The Morgan fingerprint density at radius 2 is 1.93 bits per heavy atom. The van der Waals surface area contributed by atoms with E-state index in [-0.39, 0.29) is 18.2 Å². The highest BCUT2D eigenvalue weighted by Gasteiger charge is 2.35. The number of nitrogens with zero attached hydrogens (tertiary/aromatic N) is 3. The van der Waals surface area contributed by atoms with E-state index in [2.05, 4.69) is 20.7 Å². The van der Waals surface area contributed by atoms with E-state index in [0.717, 1.165) is 11.3 Å². The van der Waals surface area contributed by atoms with E-state index in [1.54, 1.807) is 19.2 Å². The number of benzene rings is 2. The van der Waals surface area contributed by atoms with Crippen LogP contribution in [0.25, 0.3) is 11.4 Å². The maximum absolute atomic E-state index is 12.3. The normalized spacial score (nSPS) is 15.1. The molecule has 1 atom stereocenters. The van der Waals surface area contributed by atoms with Crippen LogP contribution in [0.15, 0.2) is 54.6 Å². The fourth-order valence-electron chi connectivity index (χ4n) is 2.88. The number of methoxy groups -OCH3 is 1. The third-order valence-corrected chi connectivity index (χ3v) is 4.25. The topological polar surface area (TPSA) is 98.1 Å². The first-order chi connectivity index (χ1) is 13.1. The van der Waals surface area contributed by atoms with Gasteiger partial charge in [0.15, 0.2) is 5.82 Å². The van der Waals surface area contributed by atoms with E-state index in [1.165, 1.54) is 4.68 Å². The Morgan fingerprint density at radius 1 is 1.19 bits per heavy atom. The van der Waals surface area contributed by atoms with Crippen molar-refractivity contribution in [2.24, 2.45) is 0 Å². The summed E-state index contributed by atoms with van der Waals surface area (Å²) in [6.07, 6.45) is -0.0286. The summed E-state index contributed by atoms with van der Waals surface area (Å²) in [6, 6.07) is 15.7. The number of amides is 2. The number of nitrogens with one attached hydrogen (secondary N) is 2. The van der Waals surface area contributed by atoms with Crippen molar-refractivity contribution in [1.29, 1.82) is 0 Å². The third-order valence-electron chi connectivity index (χ3n) is 4.25. The Kier molecular flexibility index (Phi) is 4.29. The molecule has 2 aromatic carbocycles. The van der Waals surface area contributed by atoms with Crippen LogP contribution < -0.4 is 15.4 Å². The summed E-state index contributed by atoms with van der Waals surface area (Å²) in [7, 11) is 1.60. The number of anilines is 2. The highest BCUT2D eigenvalue weighted by molar-refractivity contribution is 6.01. The van der Waals surface area contributed by atoms with Crippen molar-refractivity contribution in [2.45, 2.75) is 12.5 Å². The van der Waals surface area contributed by atoms with Crippen molar-refractivity contribution in [3.05, 3.63) is 54.6 Å². The smallest absolute Gasteiger partial charge is 0.252 e. The van der Waals surface area contributed by atoms with E-state index in [4.69, 9.17) is 4.74 Å². The first-order valence-corrected chi connectivity index (χ1v) is 8.41. The summed E-state index contributed by atoms with van der Waals surface area (Å²) < 4.78 is 6.61. The van der Waals surface area contributed by atoms with Gasteiger partial charge in [0.05, 0.1) is 13.5 Å². The molecular weight excluding hydrogens is 346 g/mol. The van der Waals surface area contributed by atoms with Gasteiger partial charge in [-0.15, -0.1) is 5.10 Å². The predicted octanol–water partition coefficient (Wildman–Crippen LogP) is 2.48. The molecule has 0 saturated carbocycles. The van der Waals surface area contributed by atoms with Crippen LogP contribution in [-0.4, -0.2) is 33.7 Å². The van der Waals surface area contributed by atoms with Gasteiger partial charge in [-0.2, -0.15) is 4.98 Å². The molecule has 0 unspecified atom stereocenters. The molecule has 0 aliphatic carbocycles. The summed E-state index contributed by atoms with van der Waals surface area (Å²) in [6.45, 7) is 0. The van der Waals surface area contributed by atoms with Crippen LogP contribution in [0.3, 0.4) is 0 Å². The minimum atomic E-state index is -0.733. The molecule has 8 heteroatoms. The van der Waals surface area contributed by atoms with Crippen LogP contribution in [0.4, 0.5) is 11.6 Å². The van der Waals surface area contributed by atoms with Gasteiger partial charge in [0, 0.05) is 11.3 Å². The Morgan fingerprint density at radius 3 is 2.63 bits per heavy atom. The Hall–Kier alpha value is -3.68. The highest BCUT2D eigenvalue weighted by atomic mass is 16.5. The Bertz CT molecular complexity index is 982. The average Bonchev–Trinajstić information content (AvgIpc) is 3.21. The van der Waals surface area contributed by atoms with Crippen LogP contribution >= 0.6 is 0 Å². The van der Waals surface area contributed by atoms with Crippen molar-refractivity contribution in [3.63, 3.8) is 0 Å². The van der Waals surface area contributed by atoms with Gasteiger partial charge < -0.3 is 10.1 Å². The fourth-order valence-corrected chi connectivity index (χ4v) is 2.88. The van der Waals surface area contributed by atoms with Gasteiger partial charge in [-0.25, -0.2) is 4.68 Å². The number of fused-ring (bicyclic) bond motifs is 1. The second-order valence-electron chi connectivity index (χ2n) is 6.06. The van der Waals surface area contributed by atoms with Crippen molar-refractivity contribution in [1.82, 2.24) is 14.8 Å². The maximum atomic E-state index is 12.3. The average molecular weight is 363 g/mol. The van der Waals surface area contributed by atoms with E-state index < -0.39 is 6.04 Å². The van der Waals surface area contributed by atoms with Gasteiger partial charge in [0.1, 0.15) is 11.8 Å². The van der Waals surface area contributed by atoms with Crippen LogP contribution in [0.2, 0.25) is 0 Å². The van der Waals surface area contributed by atoms with Gasteiger partial charge in [0.25, 0.3) is 5.91 Å². The van der Waals surface area contributed by atoms with Crippen LogP contribution in [-0.2, 0) is 9.59 Å². The molecule has 0 spiro atoms. The number of carbonyl (C=O) groups is 2. The number of aromatic nitrogens is 3. The molecule has 0 saturated heterocycles. The molecule has 8 nitrogen and oxygen atoms in total. The summed E-state index contributed by atoms with van der Waals surface area (Å²) in [5, 5.41) is 9.86. The molecule has 2 heterocycles. The zero-order chi connectivity index (χ0) is 18.8. The summed E-state index contributed by atoms with van der Waals surface area (Å²) in [4.78, 5) is 28.9. The molecule has 1 aliphatic heterocycles. The van der Waals surface area contributed by atoms with Gasteiger partial charge in [-0.05, 0) is 36.4 Å². The van der Waals surface area contributed by atoms with E-state index >= 15 is 0 Å². The number of para-hydroxylation sites is 1. The third kappa shape index (κ3) is 3.37. The number of hydrogen-bond acceptors (Lipinski definition) is 5. The second kappa shape index (κ2) is 6.91. The van der Waals surface area contributed by atoms with E-state index in [1.807, 2.05) is 42.5 Å². The lowest BCUT2D eigenvalue weighted by atomic mass is 10.2. The summed E-state index contributed by atoms with van der Waals surface area (Å²) in [5.41, 5.74) is 1.47. The number of carbonyl (C=O) groups excluding carboxylic acids is 2. The molecule has 1 aromatic heterocycles. The molecular formula is C19H17N5O3. The van der Waals surface area contributed by atoms with Gasteiger partial charge in [-0.3, -0.25) is 14.9 Å². The van der Waals surface area contributed by atoms with E-state index in [0.29, 0.717) is 17.5 Å². The Balaban J connectivity index is 1.52. The molecule has 3 aromatic rings.